The van der Waals surface area contributed by atoms with Gasteiger partial charge < -0.3 is 5.73 Å². The fraction of sp³-hybridized carbons (Fsp3) is 0.500. The molecule has 7 heteroatoms. The van der Waals surface area contributed by atoms with Gasteiger partial charge in [-0.05, 0) is 24.5 Å². The molecule has 1 amide bonds. The minimum absolute atomic E-state index is 0.0507. The lowest BCUT2D eigenvalue weighted by molar-refractivity contribution is -0.123. The number of nitrogens with one attached hydrogen (secondary N) is 1. The molecule has 0 radical (unpaired) electrons. The second-order valence-electron chi connectivity index (χ2n) is 5.16. The number of hydrogen-bond donors (Lipinski definition) is 2. The molecule has 1 aromatic carbocycles. The van der Waals surface area contributed by atoms with Crippen LogP contribution in [0.4, 0.5) is 0 Å². The van der Waals surface area contributed by atoms with E-state index in [1.807, 2.05) is 29.2 Å². The first-order chi connectivity index (χ1) is 9.93. The Morgan fingerprint density at radius 3 is 2.67 bits per heavy atom. The maximum Gasteiger partial charge on any atom is 0.235 e. The summed E-state index contributed by atoms with van der Waals surface area (Å²) in [5, 5.41) is 0. The molecular weight excluding hydrogens is 290 g/mol. The fourth-order valence-electron chi connectivity index (χ4n) is 2.54. The maximum atomic E-state index is 11.6. The van der Waals surface area contributed by atoms with Crippen LogP contribution in [0.1, 0.15) is 18.1 Å². The van der Waals surface area contributed by atoms with Gasteiger partial charge in [0.15, 0.2) is 0 Å². The standard InChI is InChI=1S/C14H21N3O3S/c1-2-21(19,20)16-7-8-17-10-12-6-4-3-5-11(12)9-13(17)14(15)18/h3-6,13,16H,2,7-10H2,1H3,(H2,15,18)/t13-/m0/s1. The van der Waals surface area contributed by atoms with Crippen molar-refractivity contribution in [2.45, 2.75) is 25.9 Å². The number of sulfonamides is 1. The van der Waals surface area contributed by atoms with Gasteiger partial charge in [0.25, 0.3) is 0 Å². The molecule has 3 N–H and O–H groups in total. The molecule has 0 aliphatic carbocycles. The molecule has 1 heterocycles. The average Bonchev–Trinajstić information content (AvgIpc) is 2.46. The third kappa shape index (κ3) is 4.03. The van der Waals surface area contributed by atoms with Gasteiger partial charge in [-0.2, -0.15) is 0 Å². The van der Waals surface area contributed by atoms with Crippen LogP contribution in [0.2, 0.25) is 0 Å². The molecule has 116 valence electrons. The van der Waals surface area contributed by atoms with Crippen LogP contribution in [-0.2, 0) is 27.8 Å². The molecule has 2 rings (SSSR count). The molecule has 1 aliphatic rings. The third-order valence-corrected chi connectivity index (χ3v) is 5.18. The van der Waals surface area contributed by atoms with Gasteiger partial charge in [-0.1, -0.05) is 24.3 Å². The highest BCUT2D eigenvalue weighted by molar-refractivity contribution is 7.89. The van der Waals surface area contributed by atoms with Crippen LogP contribution in [0.25, 0.3) is 0 Å². The van der Waals surface area contributed by atoms with E-state index < -0.39 is 10.0 Å². The highest BCUT2D eigenvalue weighted by Gasteiger charge is 2.29. The van der Waals surface area contributed by atoms with Crippen molar-refractivity contribution >= 4 is 15.9 Å². The summed E-state index contributed by atoms with van der Waals surface area (Å²) in [7, 11) is -3.21. The summed E-state index contributed by atoms with van der Waals surface area (Å²) < 4.78 is 25.4. The van der Waals surface area contributed by atoms with Crippen molar-refractivity contribution in [3.05, 3.63) is 35.4 Å². The number of rotatable bonds is 6. The number of nitrogens with zero attached hydrogens (tertiary/aromatic N) is 1. The molecule has 0 saturated carbocycles. The lowest BCUT2D eigenvalue weighted by atomic mass is 9.93. The third-order valence-electron chi connectivity index (χ3n) is 3.78. The molecule has 21 heavy (non-hydrogen) atoms. The van der Waals surface area contributed by atoms with Gasteiger partial charge in [0.1, 0.15) is 0 Å². The van der Waals surface area contributed by atoms with Gasteiger partial charge in [-0.25, -0.2) is 13.1 Å². The van der Waals surface area contributed by atoms with Crippen LogP contribution in [0, 0.1) is 0 Å². The van der Waals surface area contributed by atoms with Gasteiger partial charge in [0.2, 0.25) is 15.9 Å². The molecule has 1 aliphatic heterocycles. The molecule has 0 unspecified atom stereocenters. The van der Waals surface area contributed by atoms with E-state index in [-0.39, 0.29) is 24.2 Å². The van der Waals surface area contributed by atoms with Crippen LogP contribution < -0.4 is 10.5 Å². The van der Waals surface area contributed by atoms with Crippen molar-refractivity contribution in [1.82, 2.24) is 9.62 Å². The first kappa shape index (κ1) is 15.9. The minimum Gasteiger partial charge on any atom is -0.368 e. The summed E-state index contributed by atoms with van der Waals surface area (Å²) in [5.74, 6) is -0.322. The molecule has 0 bridgehead atoms. The number of carbonyl (C=O) groups is 1. The Morgan fingerprint density at radius 2 is 2.05 bits per heavy atom. The minimum atomic E-state index is -3.21. The van der Waals surface area contributed by atoms with E-state index in [0.29, 0.717) is 19.5 Å². The van der Waals surface area contributed by atoms with E-state index >= 15 is 0 Å². The predicted molar refractivity (Wildman–Crippen MR) is 81.0 cm³/mol. The molecule has 6 nitrogen and oxygen atoms in total. The van der Waals surface area contributed by atoms with Crippen LogP contribution in [0.5, 0.6) is 0 Å². The van der Waals surface area contributed by atoms with E-state index in [4.69, 9.17) is 5.73 Å². The van der Waals surface area contributed by atoms with Crippen LogP contribution in [0.3, 0.4) is 0 Å². The number of fused-ring (bicyclic) bond motifs is 1. The van der Waals surface area contributed by atoms with E-state index in [9.17, 15) is 13.2 Å². The van der Waals surface area contributed by atoms with Crippen molar-refractivity contribution < 1.29 is 13.2 Å². The van der Waals surface area contributed by atoms with Gasteiger partial charge in [-0.15, -0.1) is 0 Å². The Morgan fingerprint density at radius 1 is 1.38 bits per heavy atom. The topological polar surface area (TPSA) is 92.5 Å². The van der Waals surface area contributed by atoms with E-state index in [2.05, 4.69) is 4.72 Å². The van der Waals surface area contributed by atoms with E-state index in [1.54, 1.807) is 6.92 Å². The van der Waals surface area contributed by atoms with Gasteiger partial charge in [0, 0.05) is 19.6 Å². The summed E-state index contributed by atoms with van der Waals surface area (Å²) >= 11 is 0. The molecule has 1 atom stereocenters. The molecule has 0 saturated heterocycles. The second kappa shape index (κ2) is 6.55. The number of nitrogens with two attached hydrogens (primary N) is 1. The van der Waals surface area contributed by atoms with Gasteiger partial charge in [-0.3, -0.25) is 9.69 Å². The Labute approximate surface area is 125 Å². The summed E-state index contributed by atoms with van der Waals surface area (Å²) in [5.41, 5.74) is 7.77. The summed E-state index contributed by atoms with van der Waals surface area (Å²) in [6.45, 7) is 2.94. The zero-order valence-electron chi connectivity index (χ0n) is 12.1. The lowest BCUT2D eigenvalue weighted by Crippen LogP contribution is -2.50. The first-order valence-electron chi connectivity index (χ1n) is 7.00. The predicted octanol–water partition coefficient (Wildman–Crippen LogP) is -0.162. The number of hydrogen-bond acceptors (Lipinski definition) is 4. The Balaban J connectivity index is 2.05. The summed E-state index contributed by atoms with van der Waals surface area (Å²) in [6, 6.07) is 7.55. The summed E-state index contributed by atoms with van der Waals surface area (Å²) in [4.78, 5) is 13.6. The van der Waals surface area contributed by atoms with Crippen LogP contribution >= 0.6 is 0 Å². The SMILES string of the molecule is CCS(=O)(=O)NCCN1Cc2ccccc2C[C@H]1C(N)=O. The quantitative estimate of drug-likeness (QED) is 0.763. The zero-order chi connectivity index (χ0) is 15.5. The fourth-order valence-corrected chi connectivity index (χ4v) is 3.15. The Hall–Kier alpha value is -1.44. The lowest BCUT2D eigenvalue weighted by Gasteiger charge is -2.35. The number of carbonyl (C=O) groups excluding carboxylic acids is 1. The van der Waals surface area contributed by atoms with Crippen LogP contribution in [0.15, 0.2) is 24.3 Å². The van der Waals surface area contributed by atoms with E-state index in [0.717, 1.165) is 11.1 Å². The van der Waals surface area contributed by atoms with E-state index in [1.165, 1.54) is 0 Å². The molecule has 0 fully saturated rings. The molecule has 1 aromatic rings. The highest BCUT2D eigenvalue weighted by Crippen LogP contribution is 2.22. The number of amides is 1. The largest absolute Gasteiger partial charge is 0.368 e. The monoisotopic (exact) mass is 311 g/mol. The van der Waals surface area contributed by atoms with Crippen molar-refractivity contribution in [2.75, 3.05) is 18.8 Å². The summed E-state index contributed by atoms with van der Waals surface area (Å²) in [6.07, 6.45) is 0.575. The average molecular weight is 311 g/mol. The highest BCUT2D eigenvalue weighted by atomic mass is 32.2. The van der Waals surface area contributed by atoms with Gasteiger partial charge >= 0.3 is 0 Å². The van der Waals surface area contributed by atoms with Crippen molar-refractivity contribution in [3.8, 4) is 0 Å². The normalized spacial score (nSPS) is 19.2. The Bertz CT molecular complexity index is 616. The van der Waals surface area contributed by atoms with Crippen molar-refractivity contribution in [3.63, 3.8) is 0 Å². The molecular formula is C14H21N3O3S. The van der Waals surface area contributed by atoms with Crippen LogP contribution in [-0.4, -0.2) is 44.1 Å². The van der Waals surface area contributed by atoms with Crippen molar-refractivity contribution in [1.29, 1.82) is 0 Å². The van der Waals surface area contributed by atoms with Crippen molar-refractivity contribution in [2.24, 2.45) is 5.73 Å². The number of benzene rings is 1. The second-order valence-corrected chi connectivity index (χ2v) is 7.25. The maximum absolute atomic E-state index is 11.6. The zero-order valence-corrected chi connectivity index (χ0v) is 12.9. The first-order valence-corrected chi connectivity index (χ1v) is 8.65. The Kier molecular flexibility index (Phi) is 4.97. The molecule has 0 aromatic heterocycles. The smallest absolute Gasteiger partial charge is 0.235 e. The number of primary amides is 1. The van der Waals surface area contributed by atoms with Gasteiger partial charge in [0.05, 0.1) is 11.8 Å². The molecule has 0 spiro atoms.